The number of rotatable bonds is 3. The average Bonchev–Trinajstić information content (AvgIpc) is 2.54. The first-order chi connectivity index (χ1) is 11.2. The highest BCUT2D eigenvalue weighted by atomic mass is 19.4. The zero-order chi connectivity index (χ0) is 18.3. The van der Waals surface area contributed by atoms with E-state index in [0.717, 1.165) is 18.4 Å². The van der Waals surface area contributed by atoms with Crippen LogP contribution in [0.3, 0.4) is 0 Å². The number of hydrogen-bond acceptors (Lipinski definition) is 4. The van der Waals surface area contributed by atoms with Crippen molar-refractivity contribution < 1.29 is 33.0 Å². The number of carbonyl (C=O) groups excluding carboxylic acids is 1. The van der Waals surface area contributed by atoms with Gasteiger partial charge in [0.05, 0.1) is 6.10 Å². The molecule has 24 heavy (non-hydrogen) atoms. The van der Waals surface area contributed by atoms with E-state index in [1.54, 1.807) is 0 Å². The number of carbonyl (C=O) groups is 2. The zero-order valence-corrected chi connectivity index (χ0v) is 13.1. The SMILES string of the molecule is CN[C@@H]1CC[C@H](C(=O)c2ccccc2)C[C@@H]1O.O=C(O)C(F)(F)F. The lowest BCUT2D eigenvalue weighted by Crippen LogP contribution is -2.43. The highest BCUT2D eigenvalue weighted by Crippen LogP contribution is 2.27. The van der Waals surface area contributed by atoms with Gasteiger partial charge in [0.2, 0.25) is 0 Å². The summed E-state index contributed by atoms with van der Waals surface area (Å²) in [4.78, 5) is 21.1. The van der Waals surface area contributed by atoms with Gasteiger partial charge < -0.3 is 15.5 Å². The molecule has 0 heterocycles. The van der Waals surface area contributed by atoms with Crippen LogP contribution in [-0.2, 0) is 4.79 Å². The van der Waals surface area contributed by atoms with Crippen LogP contribution in [-0.4, -0.2) is 47.3 Å². The Hall–Kier alpha value is -1.93. The van der Waals surface area contributed by atoms with Crippen LogP contribution in [0.2, 0.25) is 0 Å². The summed E-state index contributed by atoms with van der Waals surface area (Å²) >= 11 is 0. The minimum atomic E-state index is -5.08. The van der Waals surface area contributed by atoms with Gasteiger partial charge in [-0.3, -0.25) is 4.79 Å². The second-order valence-corrected chi connectivity index (χ2v) is 5.51. The molecular formula is C16H20F3NO4. The normalized spacial score (nSPS) is 23.8. The van der Waals surface area contributed by atoms with Crippen molar-refractivity contribution >= 4 is 11.8 Å². The molecule has 0 aromatic heterocycles. The number of alkyl halides is 3. The molecule has 1 saturated carbocycles. The number of aliphatic hydroxyl groups excluding tert-OH is 1. The molecule has 1 fully saturated rings. The lowest BCUT2D eigenvalue weighted by molar-refractivity contribution is -0.192. The van der Waals surface area contributed by atoms with Gasteiger partial charge in [0.1, 0.15) is 0 Å². The Kier molecular flexibility index (Phi) is 7.37. The van der Waals surface area contributed by atoms with E-state index in [2.05, 4.69) is 5.32 Å². The van der Waals surface area contributed by atoms with Gasteiger partial charge in [-0.25, -0.2) is 4.79 Å². The van der Waals surface area contributed by atoms with Crippen LogP contribution in [0.15, 0.2) is 30.3 Å². The van der Waals surface area contributed by atoms with Gasteiger partial charge in [-0.15, -0.1) is 0 Å². The van der Waals surface area contributed by atoms with E-state index in [1.165, 1.54) is 0 Å². The van der Waals surface area contributed by atoms with Gasteiger partial charge in [-0.1, -0.05) is 30.3 Å². The van der Waals surface area contributed by atoms with Crippen LogP contribution < -0.4 is 5.32 Å². The van der Waals surface area contributed by atoms with Crippen molar-refractivity contribution in [1.29, 1.82) is 0 Å². The van der Waals surface area contributed by atoms with Gasteiger partial charge in [-0.05, 0) is 26.3 Å². The minimum Gasteiger partial charge on any atom is -0.475 e. The van der Waals surface area contributed by atoms with Crippen molar-refractivity contribution in [2.45, 2.75) is 37.6 Å². The molecule has 0 radical (unpaired) electrons. The lowest BCUT2D eigenvalue weighted by atomic mass is 9.80. The first-order valence-electron chi connectivity index (χ1n) is 7.41. The molecule has 1 aliphatic rings. The van der Waals surface area contributed by atoms with E-state index in [1.807, 2.05) is 37.4 Å². The molecule has 8 heteroatoms. The van der Waals surface area contributed by atoms with Crippen LogP contribution in [0, 0.1) is 5.92 Å². The van der Waals surface area contributed by atoms with Crippen LogP contribution in [0.25, 0.3) is 0 Å². The lowest BCUT2D eigenvalue weighted by Gasteiger charge is -2.32. The molecule has 3 atom stereocenters. The Morgan fingerprint density at radius 2 is 1.71 bits per heavy atom. The van der Waals surface area contributed by atoms with E-state index < -0.39 is 18.2 Å². The van der Waals surface area contributed by atoms with Gasteiger partial charge in [0.15, 0.2) is 5.78 Å². The summed E-state index contributed by atoms with van der Waals surface area (Å²) in [6, 6.07) is 9.49. The standard InChI is InChI=1S/C14H19NO2.C2HF3O2/c1-15-12-8-7-11(9-13(12)16)14(17)10-5-3-2-4-6-10;3-2(4,5)1(6)7/h2-6,11-13,15-16H,7-9H2,1H3;(H,6,7)/t11-,12+,13-;/m0./s1. The number of carboxylic acids is 1. The summed E-state index contributed by atoms with van der Waals surface area (Å²) in [5.41, 5.74) is 0.757. The first-order valence-corrected chi connectivity index (χ1v) is 7.41. The Balaban J connectivity index is 0.000000351. The molecule has 134 valence electrons. The molecule has 1 aliphatic carbocycles. The fourth-order valence-corrected chi connectivity index (χ4v) is 2.56. The van der Waals surface area contributed by atoms with E-state index in [9.17, 15) is 23.1 Å². The van der Waals surface area contributed by atoms with Crippen LogP contribution in [0.5, 0.6) is 0 Å². The van der Waals surface area contributed by atoms with Gasteiger partial charge in [0.25, 0.3) is 0 Å². The predicted octanol–water partition coefficient (Wildman–Crippen LogP) is 2.25. The fraction of sp³-hybridized carbons (Fsp3) is 0.500. The highest BCUT2D eigenvalue weighted by Gasteiger charge is 2.38. The van der Waals surface area contributed by atoms with Crippen molar-refractivity contribution in [1.82, 2.24) is 5.32 Å². The quantitative estimate of drug-likeness (QED) is 0.730. The fourth-order valence-electron chi connectivity index (χ4n) is 2.56. The molecule has 5 nitrogen and oxygen atoms in total. The number of benzene rings is 1. The summed E-state index contributed by atoms with van der Waals surface area (Å²) in [7, 11) is 1.85. The molecule has 0 spiro atoms. The maximum absolute atomic E-state index is 12.2. The van der Waals surface area contributed by atoms with Gasteiger partial charge in [0, 0.05) is 17.5 Å². The number of likely N-dealkylation sites (N-methyl/N-ethyl adjacent to an activating group) is 1. The summed E-state index contributed by atoms with van der Waals surface area (Å²) in [5.74, 6) is -2.62. The number of aliphatic carboxylic acids is 1. The zero-order valence-electron chi connectivity index (χ0n) is 13.1. The van der Waals surface area contributed by atoms with Crippen LogP contribution >= 0.6 is 0 Å². The van der Waals surface area contributed by atoms with Crippen LogP contribution in [0.1, 0.15) is 29.6 Å². The van der Waals surface area contributed by atoms with Crippen molar-refractivity contribution in [2.75, 3.05) is 7.05 Å². The summed E-state index contributed by atoms with van der Waals surface area (Å²) in [5, 5.41) is 20.1. The van der Waals surface area contributed by atoms with E-state index in [0.29, 0.717) is 6.42 Å². The largest absolute Gasteiger partial charge is 0.490 e. The second kappa shape index (κ2) is 8.79. The maximum Gasteiger partial charge on any atom is 0.490 e. The summed E-state index contributed by atoms with van der Waals surface area (Å²) < 4.78 is 31.7. The smallest absolute Gasteiger partial charge is 0.475 e. The highest BCUT2D eigenvalue weighted by molar-refractivity contribution is 5.97. The minimum absolute atomic E-state index is 0.0306. The molecule has 2 rings (SSSR count). The van der Waals surface area contributed by atoms with E-state index in [4.69, 9.17) is 9.90 Å². The molecule has 1 aromatic rings. The van der Waals surface area contributed by atoms with Crippen molar-refractivity contribution in [3.05, 3.63) is 35.9 Å². The van der Waals surface area contributed by atoms with Gasteiger partial charge in [-0.2, -0.15) is 13.2 Å². The molecule has 0 aliphatic heterocycles. The molecule has 3 N–H and O–H groups in total. The molecule has 0 amide bonds. The van der Waals surface area contributed by atoms with Gasteiger partial charge >= 0.3 is 12.1 Å². The topological polar surface area (TPSA) is 86.6 Å². The van der Waals surface area contributed by atoms with Crippen molar-refractivity contribution in [3.63, 3.8) is 0 Å². The Bertz CT molecular complexity index is 548. The Morgan fingerprint density at radius 3 is 2.12 bits per heavy atom. The van der Waals surface area contributed by atoms with Crippen molar-refractivity contribution in [2.24, 2.45) is 5.92 Å². The number of halogens is 3. The third-order valence-electron chi connectivity index (χ3n) is 3.86. The first kappa shape index (κ1) is 20.1. The Morgan fingerprint density at radius 1 is 1.17 bits per heavy atom. The number of aliphatic hydroxyl groups is 1. The second-order valence-electron chi connectivity index (χ2n) is 5.51. The summed E-state index contributed by atoms with van der Waals surface area (Å²) in [6.45, 7) is 0. The predicted molar refractivity (Wildman–Crippen MR) is 80.7 cm³/mol. The number of nitrogens with one attached hydrogen (secondary N) is 1. The number of carboxylic acid groups (broad SMARTS) is 1. The number of ketones is 1. The summed E-state index contributed by atoms with van der Waals surface area (Å²) in [6.07, 6.45) is -3.21. The molecule has 0 saturated heterocycles. The van der Waals surface area contributed by atoms with Crippen molar-refractivity contribution in [3.8, 4) is 0 Å². The third-order valence-corrected chi connectivity index (χ3v) is 3.86. The monoisotopic (exact) mass is 347 g/mol. The average molecular weight is 347 g/mol. The van der Waals surface area contributed by atoms with Crippen LogP contribution in [0.4, 0.5) is 13.2 Å². The third kappa shape index (κ3) is 5.93. The molecule has 0 unspecified atom stereocenters. The van der Waals surface area contributed by atoms with E-state index >= 15 is 0 Å². The van der Waals surface area contributed by atoms with E-state index in [-0.39, 0.29) is 17.7 Å². The molecule has 1 aromatic carbocycles. The number of hydrogen-bond donors (Lipinski definition) is 3. The number of Topliss-reactive ketones (excluding diaryl/α,β-unsaturated/α-hetero) is 1. The maximum atomic E-state index is 12.2. The Labute approximate surface area is 137 Å². The molecule has 0 bridgehead atoms. The molecular weight excluding hydrogens is 327 g/mol.